The minimum Gasteiger partial charge on any atom is -0.485 e. The fourth-order valence-corrected chi connectivity index (χ4v) is 1.91. The molecule has 0 amide bonds. The van der Waals surface area contributed by atoms with Crippen LogP contribution in [-0.4, -0.2) is 14.9 Å². The zero-order valence-corrected chi connectivity index (χ0v) is 11.4. The predicted molar refractivity (Wildman–Crippen MR) is 72.1 cm³/mol. The van der Waals surface area contributed by atoms with Gasteiger partial charge in [-0.05, 0) is 12.1 Å². The Morgan fingerprint density at radius 3 is 2.68 bits per heavy atom. The van der Waals surface area contributed by atoms with Crippen LogP contribution < -0.4 is 4.74 Å². The quantitative estimate of drug-likeness (QED) is 0.480. The number of alkyl halides is 1. The molecule has 0 bridgehead atoms. The summed E-state index contributed by atoms with van der Waals surface area (Å²) in [6.07, 6.45) is 3.26. The van der Waals surface area contributed by atoms with Gasteiger partial charge >= 0.3 is 0 Å². The van der Waals surface area contributed by atoms with Gasteiger partial charge in [-0.3, -0.25) is 10.1 Å². The van der Waals surface area contributed by atoms with Crippen molar-refractivity contribution in [1.82, 2.24) is 9.97 Å². The average Bonchev–Trinajstić information content (AvgIpc) is 2.45. The minimum atomic E-state index is -0.434. The summed E-state index contributed by atoms with van der Waals surface area (Å²) in [5.41, 5.74) is 0.753. The number of aromatic nitrogens is 2. The highest BCUT2D eigenvalue weighted by Gasteiger charge is 2.11. The molecule has 0 fully saturated rings. The molecule has 7 heteroatoms. The van der Waals surface area contributed by atoms with E-state index in [1.54, 1.807) is 24.5 Å². The van der Waals surface area contributed by atoms with Gasteiger partial charge in [0, 0.05) is 35.4 Å². The molecule has 0 unspecified atom stereocenters. The summed E-state index contributed by atoms with van der Waals surface area (Å²) < 4.78 is 5.57. The zero-order valence-electron chi connectivity index (χ0n) is 9.82. The molecule has 0 N–H and O–H groups in total. The lowest BCUT2D eigenvalue weighted by atomic mass is 10.2. The van der Waals surface area contributed by atoms with E-state index in [9.17, 15) is 10.1 Å². The molecule has 0 aliphatic heterocycles. The van der Waals surface area contributed by atoms with Gasteiger partial charge in [-0.25, -0.2) is 9.97 Å². The molecular formula is C12H10BrN3O3. The maximum absolute atomic E-state index is 10.7. The average molecular weight is 324 g/mol. The lowest BCUT2D eigenvalue weighted by Crippen LogP contribution is -2.02. The van der Waals surface area contributed by atoms with Crippen molar-refractivity contribution in [2.75, 3.05) is 0 Å². The second kappa shape index (κ2) is 6.24. The van der Waals surface area contributed by atoms with Crippen LogP contribution >= 0.6 is 15.9 Å². The van der Waals surface area contributed by atoms with Crippen molar-refractivity contribution < 1.29 is 9.66 Å². The lowest BCUT2D eigenvalue weighted by Gasteiger charge is -2.08. The highest BCUT2D eigenvalue weighted by atomic mass is 79.9. The molecule has 0 aliphatic rings. The van der Waals surface area contributed by atoms with E-state index < -0.39 is 4.92 Å². The molecule has 19 heavy (non-hydrogen) atoms. The number of rotatable bonds is 5. The van der Waals surface area contributed by atoms with Crippen LogP contribution in [0.2, 0.25) is 0 Å². The van der Waals surface area contributed by atoms with Gasteiger partial charge in [0.05, 0.1) is 4.92 Å². The number of non-ortho nitro benzene ring substituents is 1. The number of nitro benzene ring substituents is 1. The summed E-state index contributed by atoms with van der Waals surface area (Å²) >= 11 is 3.28. The van der Waals surface area contributed by atoms with E-state index in [1.807, 2.05) is 0 Å². The van der Waals surface area contributed by atoms with Crippen molar-refractivity contribution in [3.8, 4) is 5.75 Å². The van der Waals surface area contributed by atoms with Crippen molar-refractivity contribution >= 4 is 21.6 Å². The second-order valence-corrected chi connectivity index (χ2v) is 4.20. The van der Waals surface area contributed by atoms with E-state index in [4.69, 9.17) is 4.74 Å². The van der Waals surface area contributed by atoms with Crippen LogP contribution in [0.1, 0.15) is 11.4 Å². The third-order valence-corrected chi connectivity index (χ3v) is 2.98. The Labute approximate surface area is 117 Å². The molecule has 2 rings (SSSR count). The first-order chi connectivity index (χ1) is 9.20. The number of nitrogens with zero attached hydrogens (tertiary/aromatic N) is 3. The molecule has 0 aliphatic carbocycles. The Hall–Kier alpha value is -2.02. The number of halogens is 1. The van der Waals surface area contributed by atoms with Crippen molar-refractivity contribution in [3.63, 3.8) is 0 Å². The molecule has 0 atom stereocenters. The van der Waals surface area contributed by atoms with E-state index >= 15 is 0 Å². The molecule has 0 saturated heterocycles. The molecule has 1 heterocycles. The maximum Gasteiger partial charge on any atom is 0.270 e. The second-order valence-electron chi connectivity index (χ2n) is 3.64. The molecule has 1 aromatic heterocycles. The monoisotopic (exact) mass is 323 g/mol. The van der Waals surface area contributed by atoms with Crippen LogP contribution in [0.4, 0.5) is 5.69 Å². The zero-order chi connectivity index (χ0) is 13.7. The van der Waals surface area contributed by atoms with Gasteiger partial charge < -0.3 is 4.74 Å². The summed E-state index contributed by atoms with van der Waals surface area (Å²) in [6.45, 7) is 0.221. The smallest absolute Gasteiger partial charge is 0.270 e. The highest BCUT2D eigenvalue weighted by Crippen LogP contribution is 2.26. The van der Waals surface area contributed by atoms with Crippen LogP contribution in [0.3, 0.4) is 0 Å². The van der Waals surface area contributed by atoms with Crippen LogP contribution in [0.5, 0.6) is 5.75 Å². The standard InChI is InChI=1S/C12H10BrN3O3/c13-7-9-6-10(16(17)18)2-3-11(9)19-8-12-14-4-1-5-15-12/h1-6H,7-8H2. The summed E-state index contributed by atoms with van der Waals surface area (Å²) in [5.74, 6) is 1.14. The fraction of sp³-hybridized carbons (Fsp3) is 0.167. The van der Waals surface area contributed by atoms with Crippen molar-refractivity contribution in [2.45, 2.75) is 11.9 Å². The number of hydrogen-bond acceptors (Lipinski definition) is 5. The third kappa shape index (κ3) is 3.47. The van der Waals surface area contributed by atoms with Crippen molar-refractivity contribution in [2.24, 2.45) is 0 Å². The molecule has 0 spiro atoms. The molecule has 98 valence electrons. The lowest BCUT2D eigenvalue weighted by molar-refractivity contribution is -0.384. The summed E-state index contributed by atoms with van der Waals surface area (Å²) in [6, 6.07) is 6.19. The van der Waals surface area contributed by atoms with E-state index in [0.29, 0.717) is 22.5 Å². The molecule has 0 radical (unpaired) electrons. The Kier molecular flexibility index (Phi) is 4.40. The van der Waals surface area contributed by atoms with Gasteiger partial charge in [0.25, 0.3) is 5.69 Å². The third-order valence-electron chi connectivity index (χ3n) is 2.37. The summed E-state index contributed by atoms with van der Waals surface area (Å²) in [5, 5.41) is 11.2. The molecule has 6 nitrogen and oxygen atoms in total. The largest absolute Gasteiger partial charge is 0.485 e. The van der Waals surface area contributed by atoms with Crippen LogP contribution in [0.25, 0.3) is 0 Å². The van der Waals surface area contributed by atoms with E-state index in [-0.39, 0.29) is 12.3 Å². The topological polar surface area (TPSA) is 78.2 Å². The molecule has 2 aromatic rings. The van der Waals surface area contributed by atoms with Crippen LogP contribution in [0.15, 0.2) is 36.7 Å². The van der Waals surface area contributed by atoms with E-state index in [2.05, 4.69) is 25.9 Å². The Morgan fingerprint density at radius 1 is 1.32 bits per heavy atom. The summed E-state index contributed by atoms with van der Waals surface area (Å²) in [4.78, 5) is 18.3. The van der Waals surface area contributed by atoms with Gasteiger partial charge in [-0.1, -0.05) is 15.9 Å². The Bertz CT molecular complexity index is 578. The fourth-order valence-electron chi connectivity index (χ4n) is 1.47. The van der Waals surface area contributed by atoms with E-state index in [1.165, 1.54) is 12.1 Å². The van der Waals surface area contributed by atoms with Gasteiger partial charge in [-0.15, -0.1) is 0 Å². The Balaban J connectivity index is 2.14. The molecular weight excluding hydrogens is 314 g/mol. The SMILES string of the molecule is O=[N+]([O-])c1ccc(OCc2ncccn2)c(CBr)c1. The first-order valence-electron chi connectivity index (χ1n) is 5.42. The van der Waals surface area contributed by atoms with Gasteiger partial charge in [-0.2, -0.15) is 0 Å². The first kappa shape index (κ1) is 13.4. The Morgan fingerprint density at radius 2 is 2.05 bits per heavy atom. The summed E-state index contributed by atoms with van der Waals surface area (Å²) in [7, 11) is 0. The highest BCUT2D eigenvalue weighted by molar-refractivity contribution is 9.08. The first-order valence-corrected chi connectivity index (χ1v) is 6.55. The van der Waals surface area contributed by atoms with Gasteiger partial charge in [0.15, 0.2) is 5.82 Å². The molecule has 0 saturated carbocycles. The maximum atomic E-state index is 10.7. The number of benzene rings is 1. The van der Waals surface area contributed by atoms with Crippen molar-refractivity contribution in [3.05, 3.63) is 58.2 Å². The van der Waals surface area contributed by atoms with Gasteiger partial charge in [0.1, 0.15) is 12.4 Å². The van der Waals surface area contributed by atoms with Crippen LogP contribution in [-0.2, 0) is 11.9 Å². The van der Waals surface area contributed by atoms with Gasteiger partial charge in [0.2, 0.25) is 0 Å². The predicted octanol–water partition coefficient (Wildman–Crippen LogP) is 2.86. The normalized spacial score (nSPS) is 10.2. The van der Waals surface area contributed by atoms with Crippen molar-refractivity contribution in [1.29, 1.82) is 0 Å². The minimum absolute atomic E-state index is 0.0396. The molecule has 1 aromatic carbocycles. The van der Waals surface area contributed by atoms with Crippen LogP contribution in [0, 0.1) is 10.1 Å². The number of hydrogen-bond donors (Lipinski definition) is 0. The number of nitro groups is 1. The van der Waals surface area contributed by atoms with E-state index in [0.717, 1.165) is 0 Å². The number of ether oxygens (including phenoxy) is 1.